The maximum atomic E-state index is 12.4. The zero-order valence-corrected chi connectivity index (χ0v) is 14.8. The van der Waals surface area contributed by atoms with Crippen LogP contribution in [0.5, 0.6) is 0 Å². The highest BCUT2D eigenvalue weighted by molar-refractivity contribution is 9.10. The molecule has 8 heteroatoms. The van der Waals surface area contributed by atoms with Crippen LogP contribution in [0.1, 0.15) is 38.4 Å². The third kappa shape index (κ3) is 2.86. The zero-order valence-electron chi connectivity index (χ0n) is 13.2. The summed E-state index contributed by atoms with van der Waals surface area (Å²) in [6.45, 7) is -0.268. The molecule has 1 unspecified atom stereocenters. The highest BCUT2D eigenvalue weighted by Crippen LogP contribution is 2.26. The summed E-state index contributed by atoms with van der Waals surface area (Å²) < 4.78 is 0.719. The molecule has 0 saturated carbocycles. The number of hydrogen-bond donors (Lipinski definition) is 2. The second-order valence-corrected chi connectivity index (χ2v) is 7.18. The van der Waals surface area contributed by atoms with Gasteiger partial charge in [0.1, 0.15) is 6.54 Å². The number of aromatic amines is 1. The summed E-state index contributed by atoms with van der Waals surface area (Å²) >= 11 is 3.29. The number of fused-ring (bicyclic) bond motifs is 2. The molecule has 1 atom stereocenters. The van der Waals surface area contributed by atoms with E-state index < -0.39 is 11.8 Å². The highest BCUT2D eigenvalue weighted by atomic mass is 79.9. The van der Waals surface area contributed by atoms with Gasteiger partial charge in [-0.25, -0.2) is 0 Å². The number of carbonyl (C=O) groups is 3. The highest BCUT2D eigenvalue weighted by Gasteiger charge is 2.37. The fraction of sp³-hybridized carbons (Fsp3) is 0.294. The summed E-state index contributed by atoms with van der Waals surface area (Å²) in [5.74, 6) is -1.19. The molecule has 0 spiro atoms. The van der Waals surface area contributed by atoms with Crippen LogP contribution in [0.4, 0.5) is 0 Å². The number of H-pyrrole nitrogens is 1. The van der Waals surface area contributed by atoms with Crippen molar-refractivity contribution < 1.29 is 14.4 Å². The van der Waals surface area contributed by atoms with E-state index in [1.807, 2.05) is 6.20 Å². The van der Waals surface area contributed by atoms with E-state index in [2.05, 4.69) is 31.4 Å². The Morgan fingerprint density at radius 2 is 2.12 bits per heavy atom. The van der Waals surface area contributed by atoms with Crippen molar-refractivity contribution in [3.05, 3.63) is 51.3 Å². The number of aryl methyl sites for hydroxylation is 1. The third-order valence-electron chi connectivity index (χ3n) is 4.62. The summed E-state index contributed by atoms with van der Waals surface area (Å²) in [5, 5.41) is 9.87. The molecule has 1 aromatic heterocycles. The van der Waals surface area contributed by atoms with Crippen LogP contribution in [0, 0.1) is 0 Å². The molecule has 2 heterocycles. The molecule has 2 aliphatic rings. The van der Waals surface area contributed by atoms with Crippen molar-refractivity contribution in [1.29, 1.82) is 0 Å². The fourth-order valence-corrected chi connectivity index (χ4v) is 3.72. The topological polar surface area (TPSA) is 95.2 Å². The van der Waals surface area contributed by atoms with E-state index in [0.717, 1.165) is 27.9 Å². The molecule has 2 aromatic rings. The molecular formula is C17H15BrN4O3. The van der Waals surface area contributed by atoms with Crippen LogP contribution in [0.25, 0.3) is 0 Å². The number of rotatable bonds is 3. The maximum Gasteiger partial charge on any atom is 0.262 e. The van der Waals surface area contributed by atoms with Crippen molar-refractivity contribution in [3.8, 4) is 0 Å². The number of imide groups is 1. The van der Waals surface area contributed by atoms with Crippen LogP contribution in [-0.2, 0) is 17.6 Å². The lowest BCUT2D eigenvalue weighted by atomic mass is 9.94. The molecular weight excluding hydrogens is 388 g/mol. The van der Waals surface area contributed by atoms with Crippen molar-refractivity contribution in [2.75, 3.05) is 6.54 Å². The number of carbonyl (C=O) groups excluding carboxylic acids is 3. The van der Waals surface area contributed by atoms with Crippen LogP contribution < -0.4 is 5.32 Å². The molecule has 25 heavy (non-hydrogen) atoms. The van der Waals surface area contributed by atoms with Crippen molar-refractivity contribution in [1.82, 2.24) is 20.4 Å². The Kier molecular flexibility index (Phi) is 3.91. The van der Waals surface area contributed by atoms with Gasteiger partial charge in [-0.15, -0.1) is 0 Å². The smallest absolute Gasteiger partial charge is 0.262 e. The van der Waals surface area contributed by atoms with Gasteiger partial charge >= 0.3 is 0 Å². The van der Waals surface area contributed by atoms with Crippen LogP contribution in [-0.4, -0.2) is 45.4 Å². The summed E-state index contributed by atoms with van der Waals surface area (Å²) in [7, 11) is 0. The molecule has 1 aromatic carbocycles. The minimum atomic E-state index is -0.434. The number of aromatic nitrogens is 2. The van der Waals surface area contributed by atoms with E-state index in [1.165, 1.54) is 5.56 Å². The minimum absolute atomic E-state index is 0.0234. The van der Waals surface area contributed by atoms with Gasteiger partial charge in [-0.3, -0.25) is 24.4 Å². The van der Waals surface area contributed by atoms with Crippen LogP contribution >= 0.6 is 15.9 Å². The first-order valence-corrected chi connectivity index (χ1v) is 8.78. The van der Waals surface area contributed by atoms with Gasteiger partial charge in [-0.2, -0.15) is 5.10 Å². The SMILES string of the molecule is O=C(CN1C(=O)c2ccc(Br)cc2C1=O)NC1CCc2cn[nH]c2C1. The summed E-state index contributed by atoms with van der Waals surface area (Å²) in [5.41, 5.74) is 2.87. The molecule has 2 N–H and O–H groups in total. The van der Waals surface area contributed by atoms with Crippen molar-refractivity contribution >= 4 is 33.7 Å². The first-order valence-electron chi connectivity index (χ1n) is 7.99. The predicted octanol–water partition coefficient (Wildman–Crippen LogP) is 1.44. The molecule has 128 valence electrons. The monoisotopic (exact) mass is 402 g/mol. The first kappa shape index (κ1) is 16.0. The molecule has 7 nitrogen and oxygen atoms in total. The van der Waals surface area contributed by atoms with E-state index in [0.29, 0.717) is 17.5 Å². The lowest BCUT2D eigenvalue weighted by molar-refractivity contribution is -0.122. The van der Waals surface area contributed by atoms with E-state index in [-0.39, 0.29) is 18.5 Å². The van der Waals surface area contributed by atoms with Gasteiger partial charge in [0.05, 0.1) is 17.3 Å². The average molecular weight is 403 g/mol. The van der Waals surface area contributed by atoms with Crippen molar-refractivity contribution in [3.63, 3.8) is 0 Å². The molecule has 1 aliphatic heterocycles. The normalized spacial score (nSPS) is 18.9. The molecule has 1 aliphatic carbocycles. The maximum absolute atomic E-state index is 12.4. The summed E-state index contributed by atoms with van der Waals surface area (Å²) in [6, 6.07) is 4.88. The number of benzene rings is 1. The van der Waals surface area contributed by atoms with Crippen LogP contribution in [0.2, 0.25) is 0 Å². The number of hydrogen-bond acceptors (Lipinski definition) is 4. The van der Waals surface area contributed by atoms with Gasteiger partial charge in [0.25, 0.3) is 11.8 Å². The van der Waals surface area contributed by atoms with E-state index >= 15 is 0 Å². The summed E-state index contributed by atoms with van der Waals surface area (Å²) in [6.07, 6.45) is 4.14. The molecule has 0 fully saturated rings. The Hall–Kier alpha value is -2.48. The lowest BCUT2D eigenvalue weighted by Crippen LogP contribution is -2.45. The Bertz CT molecular complexity index is 892. The average Bonchev–Trinajstić information content (AvgIpc) is 3.13. The second-order valence-electron chi connectivity index (χ2n) is 6.27. The van der Waals surface area contributed by atoms with Crippen molar-refractivity contribution in [2.24, 2.45) is 0 Å². The Balaban J connectivity index is 1.42. The standard InChI is InChI=1S/C17H15BrN4O3/c18-10-2-4-12-13(5-10)17(25)22(16(12)24)8-15(23)20-11-3-1-9-7-19-21-14(9)6-11/h2,4-5,7,11H,1,3,6,8H2,(H,19,21)(H,20,23). The van der Waals surface area contributed by atoms with Crippen LogP contribution in [0.15, 0.2) is 28.9 Å². The third-order valence-corrected chi connectivity index (χ3v) is 5.11. The molecule has 0 radical (unpaired) electrons. The first-order chi connectivity index (χ1) is 12.0. The molecule has 0 saturated heterocycles. The Morgan fingerprint density at radius 3 is 2.96 bits per heavy atom. The van der Waals surface area contributed by atoms with Gasteiger partial charge in [-0.05, 0) is 36.6 Å². The largest absolute Gasteiger partial charge is 0.351 e. The molecule has 3 amide bonds. The number of halogens is 1. The second kappa shape index (κ2) is 6.11. The van der Waals surface area contributed by atoms with Gasteiger partial charge in [0.15, 0.2) is 0 Å². The van der Waals surface area contributed by atoms with E-state index in [9.17, 15) is 14.4 Å². The van der Waals surface area contributed by atoms with Gasteiger partial charge < -0.3 is 5.32 Å². The minimum Gasteiger partial charge on any atom is -0.351 e. The fourth-order valence-electron chi connectivity index (χ4n) is 3.35. The zero-order chi connectivity index (χ0) is 17.6. The molecule has 0 bridgehead atoms. The van der Waals surface area contributed by atoms with E-state index in [1.54, 1.807) is 18.2 Å². The predicted molar refractivity (Wildman–Crippen MR) is 92.1 cm³/mol. The number of nitrogens with one attached hydrogen (secondary N) is 2. The molecule has 4 rings (SSSR count). The summed E-state index contributed by atoms with van der Waals surface area (Å²) in [4.78, 5) is 38.1. The number of nitrogens with zero attached hydrogens (tertiary/aromatic N) is 2. The van der Waals surface area contributed by atoms with E-state index in [4.69, 9.17) is 0 Å². The Morgan fingerprint density at radius 1 is 1.32 bits per heavy atom. The number of amides is 3. The Labute approximate surface area is 151 Å². The van der Waals surface area contributed by atoms with Crippen LogP contribution in [0.3, 0.4) is 0 Å². The van der Waals surface area contributed by atoms with Crippen molar-refractivity contribution in [2.45, 2.75) is 25.3 Å². The quantitative estimate of drug-likeness (QED) is 0.759. The van der Waals surface area contributed by atoms with Gasteiger partial charge in [0.2, 0.25) is 5.91 Å². The van der Waals surface area contributed by atoms with Gasteiger partial charge in [0, 0.05) is 22.6 Å². The van der Waals surface area contributed by atoms with Gasteiger partial charge in [-0.1, -0.05) is 15.9 Å². The lowest BCUT2D eigenvalue weighted by Gasteiger charge is -2.23.